The Labute approximate surface area is 164 Å². The van der Waals surface area contributed by atoms with Gasteiger partial charge in [-0.1, -0.05) is 30.3 Å². The number of hydrogen-bond donors (Lipinski definition) is 2. The highest BCUT2D eigenvalue weighted by Gasteiger charge is 2.46. The number of carbonyl (C=O) groups excluding carboxylic acids is 1. The molecule has 0 spiro atoms. The number of hydrogen-bond acceptors (Lipinski definition) is 3. The molecule has 2 aromatic carbocycles. The summed E-state index contributed by atoms with van der Waals surface area (Å²) in [7, 11) is 0. The standard InChI is InChI=1S/C22H26F2N2O2/c1-21(2,3)28-20(27)26-22(12-15-7-5-4-6-8-15)14-25-13-18(22)17-11-16(23)9-10-19(17)24/h4-11,18,25H,12-14H2,1-3H3,(H,26,27)/t18-,22+/m1/s1. The number of halogens is 2. The summed E-state index contributed by atoms with van der Waals surface area (Å²) in [6, 6.07) is 13.1. The van der Waals surface area contributed by atoms with Crippen LogP contribution >= 0.6 is 0 Å². The minimum Gasteiger partial charge on any atom is -0.444 e. The second-order valence-electron chi connectivity index (χ2n) is 8.29. The first-order valence-electron chi connectivity index (χ1n) is 9.39. The molecule has 0 unspecified atom stereocenters. The molecule has 6 heteroatoms. The molecule has 1 aliphatic rings. The number of carbonyl (C=O) groups is 1. The third-order valence-electron chi connectivity index (χ3n) is 4.90. The second kappa shape index (κ2) is 7.87. The smallest absolute Gasteiger partial charge is 0.408 e. The normalized spacial score (nSPS) is 22.1. The van der Waals surface area contributed by atoms with Gasteiger partial charge in [0.15, 0.2) is 0 Å². The van der Waals surface area contributed by atoms with Crippen LogP contribution in [0.15, 0.2) is 48.5 Å². The molecule has 2 atom stereocenters. The Hall–Kier alpha value is -2.47. The van der Waals surface area contributed by atoms with Gasteiger partial charge in [-0.25, -0.2) is 13.6 Å². The van der Waals surface area contributed by atoms with E-state index in [1.807, 2.05) is 30.3 Å². The van der Waals surface area contributed by atoms with Gasteiger partial charge < -0.3 is 15.4 Å². The van der Waals surface area contributed by atoms with Gasteiger partial charge in [-0.15, -0.1) is 0 Å². The maximum atomic E-state index is 14.6. The predicted molar refractivity (Wildman–Crippen MR) is 104 cm³/mol. The minimum absolute atomic E-state index is 0.247. The van der Waals surface area contributed by atoms with E-state index in [-0.39, 0.29) is 5.56 Å². The molecule has 0 aliphatic carbocycles. The fraction of sp³-hybridized carbons (Fsp3) is 0.409. The number of amides is 1. The second-order valence-corrected chi connectivity index (χ2v) is 8.29. The van der Waals surface area contributed by atoms with Crippen LogP contribution in [0, 0.1) is 11.6 Å². The fourth-order valence-electron chi connectivity index (χ4n) is 3.78. The molecule has 2 aromatic rings. The Morgan fingerprint density at radius 1 is 1.21 bits per heavy atom. The topological polar surface area (TPSA) is 50.4 Å². The van der Waals surface area contributed by atoms with Gasteiger partial charge in [-0.2, -0.15) is 0 Å². The average Bonchev–Trinajstić information content (AvgIpc) is 2.98. The van der Waals surface area contributed by atoms with Crippen molar-refractivity contribution >= 4 is 6.09 Å². The van der Waals surface area contributed by atoms with Gasteiger partial charge in [0.1, 0.15) is 17.2 Å². The SMILES string of the molecule is CC(C)(C)OC(=O)N[C@@]1(Cc2ccccc2)CNC[C@@H]1c1cc(F)ccc1F. The molecule has 1 aliphatic heterocycles. The van der Waals surface area contributed by atoms with Crippen LogP contribution in [0.5, 0.6) is 0 Å². The van der Waals surface area contributed by atoms with Crippen molar-refractivity contribution in [1.82, 2.24) is 10.6 Å². The van der Waals surface area contributed by atoms with Gasteiger partial charge in [0.25, 0.3) is 0 Å². The average molecular weight is 388 g/mol. The van der Waals surface area contributed by atoms with Crippen LogP contribution in [0.25, 0.3) is 0 Å². The van der Waals surface area contributed by atoms with Crippen molar-refractivity contribution in [2.45, 2.75) is 44.2 Å². The van der Waals surface area contributed by atoms with Crippen molar-refractivity contribution in [3.05, 3.63) is 71.3 Å². The molecule has 0 radical (unpaired) electrons. The lowest BCUT2D eigenvalue weighted by Gasteiger charge is -2.37. The number of ether oxygens (including phenoxy) is 1. The van der Waals surface area contributed by atoms with Gasteiger partial charge in [-0.05, 0) is 56.5 Å². The third-order valence-corrected chi connectivity index (χ3v) is 4.90. The number of alkyl carbamates (subject to hydrolysis) is 1. The quantitative estimate of drug-likeness (QED) is 0.827. The lowest BCUT2D eigenvalue weighted by molar-refractivity contribution is 0.0453. The first-order valence-corrected chi connectivity index (χ1v) is 9.39. The molecule has 3 rings (SSSR count). The van der Waals surface area contributed by atoms with E-state index >= 15 is 0 Å². The molecule has 150 valence electrons. The van der Waals surface area contributed by atoms with Crippen molar-refractivity contribution in [3.63, 3.8) is 0 Å². The molecule has 1 amide bonds. The zero-order chi connectivity index (χ0) is 20.4. The maximum Gasteiger partial charge on any atom is 0.408 e. The van der Waals surface area contributed by atoms with E-state index in [4.69, 9.17) is 4.74 Å². The Morgan fingerprint density at radius 3 is 2.61 bits per heavy atom. The van der Waals surface area contributed by atoms with E-state index in [9.17, 15) is 13.6 Å². The number of rotatable bonds is 4. The minimum atomic E-state index is -0.849. The molecule has 1 saturated heterocycles. The van der Waals surface area contributed by atoms with E-state index < -0.39 is 34.8 Å². The van der Waals surface area contributed by atoms with Crippen molar-refractivity contribution < 1.29 is 18.3 Å². The van der Waals surface area contributed by atoms with E-state index in [0.717, 1.165) is 17.7 Å². The van der Waals surface area contributed by atoms with Crippen LogP contribution in [0.3, 0.4) is 0 Å². The van der Waals surface area contributed by atoms with Gasteiger partial charge >= 0.3 is 6.09 Å². The molecule has 0 aromatic heterocycles. The number of nitrogens with one attached hydrogen (secondary N) is 2. The van der Waals surface area contributed by atoms with Crippen LogP contribution < -0.4 is 10.6 Å². The lowest BCUT2D eigenvalue weighted by Crippen LogP contribution is -2.56. The summed E-state index contributed by atoms with van der Waals surface area (Å²) in [5, 5.41) is 6.22. The fourth-order valence-corrected chi connectivity index (χ4v) is 3.78. The summed E-state index contributed by atoms with van der Waals surface area (Å²) in [5.41, 5.74) is -0.275. The zero-order valence-electron chi connectivity index (χ0n) is 16.4. The van der Waals surface area contributed by atoms with E-state index in [2.05, 4.69) is 10.6 Å². The monoisotopic (exact) mass is 388 g/mol. The highest BCUT2D eigenvalue weighted by Crippen LogP contribution is 2.36. The van der Waals surface area contributed by atoms with Crippen molar-refractivity contribution in [2.75, 3.05) is 13.1 Å². The third kappa shape index (κ3) is 4.68. The van der Waals surface area contributed by atoms with E-state index in [1.54, 1.807) is 20.8 Å². The van der Waals surface area contributed by atoms with Crippen LogP contribution in [0.2, 0.25) is 0 Å². The van der Waals surface area contributed by atoms with Gasteiger partial charge in [0, 0.05) is 19.0 Å². The number of benzene rings is 2. The Kier molecular flexibility index (Phi) is 5.70. The first-order chi connectivity index (χ1) is 13.2. The summed E-state index contributed by atoms with van der Waals surface area (Å²) in [4.78, 5) is 12.6. The molecule has 4 nitrogen and oxygen atoms in total. The Bertz CT molecular complexity index is 836. The van der Waals surface area contributed by atoms with Crippen molar-refractivity contribution in [3.8, 4) is 0 Å². The van der Waals surface area contributed by atoms with Gasteiger partial charge in [-0.3, -0.25) is 0 Å². The molecule has 28 heavy (non-hydrogen) atoms. The summed E-state index contributed by atoms with van der Waals surface area (Å²) >= 11 is 0. The molecular weight excluding hydrogens is 362 g/mol. The Morgan fingerprint density at radius 2 is 1.93 bits per heavy atom. The van der Waals surface area contributed by atoms with Crippen molar-refractivity contribution in [2.24, 2.45) is 0 Å². The van der Waals surface area contributed by atoms with Gasteiger partial charge in [0.2, 0.25) is 0 Å². The van der Waals surface area contributed by atoms with Gasteiger partial charge in [0.05, 0.1) is 5.54 Å². The molecular formula is C22H26F2N2O2. The van der Waals surface area contributed by atoms with Crippen molar-refractivity contribution in [1.29, 1.82) is 0 Å². The summed E-state index contributed by atoms with van der Waals surface area (Å²) in [5.74, 6) is -1.44. The highest BCUT2D eigenvalue weighted by molar-refractivity contribution is 5.69. The van der Waals surface area contributed by atoms with Crippen LogP contribution in [-0.2, 0) is 11.2 Å². The Balaban J connectivity index is 1.99. The van der Waals surface area contributed by atoms with Crippen LogP contribution in [-0.4, -0.2) is 30.3 Å². The largest absolute Gasteiger partial charge is 0.444 e. The van der Waals surface area contributed by atoms with E-state index in [0.29, 0.717) is 19.5 Å². The van der Waals surface area contributed by atoms with Crippen LogP contribution in [0.1, 0.15) is 37.8 Å². The first kappa shape index (κ1) is 20.3. The molecule has 0 bridgehead atoms. The highest BCUT2D eigenvalue weighted by atomic mass is 19.1. The molecule has 1 heterocycles. The summed E-state index contributed by atoms with van der Waals surface area (Å²) < 4.78 is 33.9. The van der Waals surface area contributed by atoms with E-state index in [1.165, 1.54) is 6.07 Å². The summed E-state index contributed by atoms with van der Waals surface area (Å²) in [6.45, 7) is 6.19. The predicted octanol–water partition coefficient (Wildman–Crippen LogP) is 4.16. The molecule has 1 fully saturated rings. The van der Waals surface area contributed by atoms with Crippen LogP contribution in [0.4, 0.5) is 13.6 Å². The zero-order valence-corrected chi connectivity index (χ0v) is 16.4. The summed E-state index contributed by atoms with van der Waals surface area (Å²) in [6.07, 6.45) is -0.116. The lowest BCUT2D eigenvalue weighted by atomic mass is 9.77. The maximum absolute atomic E-state index is 14.6. The molecule has 2 N–H and O–H groups in total. The molecule has 0 saturated carbocycles.